The molecule has 4 heteroatoms. The van der Waals surface area contributed by atoms with Crippen molar-refractivity contribution in [3.05, 3.63) is 47.2 Å². The molecule has 0 bridgehead atoms. The van der Waals surface area contributed by atoms with E-state index in [4.69, 9.17) is 5.26 Å². The van der Waals surface area contributed by atoms with Crippen LogP contribution in [0.15, 0.2) is 41.7 Å². The van der Waals surface area contributed by atoms with Crippen molar-refractivity contribution < 1.29 is 9.90 Å². The molecule has 2 rings (SSSR count). The number of aliphatic hydroxyl groups is 1. The summed E-state index contributed by atoms with van der Waals surface area (Å²) in [6, 6.07) is 11.1. The molecule has 4 nitrogen and oxygen atoms in total. The molecule has 1 unspecified atom stereocenters. The average Bonchev–Trinajstić information content (AvgIpc) is 2.68. The van der Waals surface area contributed by atoms with Crippen LogP contribution in [0.2, 0.25) is 0 Å². The van der Waals surface area contributed by atoms with E-state index in [0.717, 1.165) is 12.0 Å². The summed E-state index contributed by atoms with van der Waals surface area (Å²) in [6.45, 7) is 6.86. The fourth-order valence-electron chi connectivity index (χ4n) is 2.57. The summed E-state index contributed by atoms with van der Waals surface area (Å²) in [4.78, 5) is 14.0. The molecule has 1 aromatic carbocycles. The highest BCUT2D eigenvalue weighted by molar-refractivity contribution is 6.00. The number of nitrogens with zero attached hydrogens (tertiary/aromatic N) is 2. The van der Waals surface area contributed by atoms with E-state index in [2.05, 4.69) is 20.8 Å². The van der Waals surface area contributed by atoms with Crippen LogP contribution in [0.3, 0.4) is 0 Å². The van der Waals surface area contributed by atoms with Crippen molar-refractivity contribution in [2.45, 2.75) is 39.7 Å². The predicted molar refractivity (Wildman–Crippen MR) is 85.0 cm³/mol. The SMILES string of the molecule is CC(C)(C)CCN1C(=O)C(C#N)=C(O)C1Cc1ccccc1. The largest absolute Gasteiger partial charge is 0.508 e. The van der Waals surface area contributed by atoms with Crippen LogP contribution in [0.1, 0.15) is 32.8 Å². The third-order valence-electron chi connectivity index (χ3n) is 3.91. The van der Waals surface area contributed by atoms with Gasteiger partial charge in [-0.3, -0.25) is 4.79 Å². The zero-order valence-electron chi connectivity index (χ0n) is 13.3. The molecule has 116 valence electrons. The fourth-order valence-corrected chi connectivity index (χ4v) is 2.57. The molecule has 0 aromatic heterocycles. The van der Waals surface area contributed by atoms with Crippen LogP contribution in [-0.2, 0) is 11.2 Å². The van der Waals surface area contributed by atoms with E-state index >= 15 is 0 Å². The number of nitriles is 1. The van der Waals surface area contributed by atoms with Crippen LogP contribution in [0, 0.1) is 16.7 Å². The summed E-state index contributed by atoms with van der Waals surface area (Å²) in [7, 11) is 0. The summed E-state index contributed by atoms with van der Waals surface area (Å²) in [5.41, 5.74) is 1.00. The van der Waals surface area contributed by atoms with Gasteiger partial charge in [0.2, 0.25) is 0 Å². The molecule has 0 saturated heterocycles. The number of hydrogen-bond donors (Lipinski definition) is 1. The molecule has 1 N–H and O–H groups in total. The van der Waals surface area contributed by atoms with Crippen molar-refractivity contribution in [1.82, 2.24) is 4.90 Å². The molecular formula is C18H22N2O2. The van der Waals surface area contributed by atoms with Crippen molar-refractivity contribution in [2.24, 2.45) is 5.41 Å². The maximum Gasteiger partial charge on any atom is 0.268 e. The van der Waals surface area contributed by atoms with E-state index in [-0.39, 0.29) is 22.7 Å². The summed E-state index contributed by atoms with van der Waals surface area (Å²) >= 11 is 0. The van der Waals surface area contributed by atoms with Crippen molar-refractivity contribution in [3.8, 4) is 6.07 Å². The van der Waals surface area contributed by atoms with Gasteiger partial charge < -0.3 is 10.0 Å². The van der Waals surface area contributed by atoms with Gasteiger partial charge in [0, 0.05) is 13.0 Å². The lowest BCUT2D eigenvalue weighted by atomic mass is 9.92. The number of hydrogen-bond acceptors (Lipinski definition) is 3. The summed E-state index contributed by atoms with van der Waals surface area (Å²) in [6.07, 6.45) is 1.34. The highest BCUT2D eigenvalue weighted by atomic mass is 16.3. The van der Waals surface area contributed by atoms with Crippen LogP contribution in [0.5, 0.6) is 0 Å². The number of carbonyl (C=O) groups excluding carboxylic acids is 1. The quantitative estimate of drug-likeness (QED) is 0.928. The van der Waals surface area contributed by atoms with Crippen molar-refractivity contribution in [1.29, 1.82) is 5.26 Å². The minimum atomic E-state index is -0.438. The maximum atomic E-state index is 12.4. The second-order valence-corrected chi connectivity index (χ2v) is 6.89. The zero-order chi connectivity index (χ0) is 16.3. The monoisotopic (exact) mass is 298 g/mol. The Bertz CT molecular complexity index is 621. The Hall–Kier alpha value is -2.28. The molecule has 0 radical (unpaired) electrons. The van der Waals surface area contributed by atoms with E-state index < -0.39 is 6.04 Å². The van der Waals surface area contributed by atoms with Crippen LogP contribution in [0.25, 0.3) is 0 Å². The molecule has 0 saturated carbocycles. The lowest BCUT2D eigenvalue weighted by Crippen LogP contribution is -2.39. The van der Waals surface area contributed by atoms with Gasteiger partial charge in [-0.1, -0.05) is 51.1 Å². The summed E-state index contributed by atoms with van der Waals surface area (Å²) < 4.78 is 0. The smallest absolute Gasteiger partial charge is 0.268 e. The normalized spacial score (nSPS) is 18.7. The first-order chi connectivity index (χ1) is 10.3. The van der Waals surface area contributed by atoms with Gasteiger partial charge in [0.05, 0.1) is 6.04 Å². The van der Waals surface area contributed by atoms with Gasteiger partial charge in [0.15, 0.2) is 5.57 Å². The maximum absolute atomic E-state index is 12.4. The lowest BCUT2D eigenvalue weighted by Gasteiger charge is -2.28. The number of rotatable bonds is 4. The summed E-state index contributed by atoms with van der Waals surface area (Å²) in [5, 5.41) is 19.4. The van der Waals surface area contributed by atoms with Crippen molar-refractivity contribution in [2.75, 3.05) is 6.54 Å². The highest BCUT2D eigenvalue weighted by Gasteiger charge is 2.39. The van der Waals surface area contributed by atoms with Gasteiger partial charge >= 0.3 is 0 Å². The molecule has 1 amide bonds. The fraction of sp³-hybridized carbons (Fsp3) is 0.444. The van der Waals surface area contributed by atoms with E-state index in [1.54, 1.807) is 4.90 Å². The van der Waals surface area contributed by atoms with E-state index in [9.17, 15) is 9.90 Å². The third kappa shape index (κ3) is 3.48. The van der Waals surface area contributed by atoms with Crippen LogP contribution in [-0.4, -0.2) is 28.5 Å². The Balaban J connectivity index is 2.23. The van der Waals surface area contributed by atoms with Gasteiger partial charge in [-0.2, -0.15) is 5.26 Å². The van der Waals surface area contributed by atoms with Gasteiger partial charge in [0.25, 0.3) is 5.91 Å². The highest BCUT2D eigenvalue weighted by Crippen LogP contribution is 2.29. The molecule has 1 aliphatic rings. The predicted octanol–water partition coefficient (Wildman–Crippen LogP) is 3.21. The molecule has 1 aliphatic heterocycles. The minimum Gasteiger partial charge on any atom is -0.508 e. The van der Waals surface area contributed by atoms with Gasteiger partial charge in [-0.25, -0.2) is 0 Å². The number of benzene rings is 1. The number of aliphatic hydroxyl groups excluding tert-OH is 1. The zero-order valence-corrected chi connectivity index (χ0v) is 13.3. The standard InChI is InChI=1S/C18H22N2O2/c1-18(2,3)9-10-20-15(11-13-7-5-4-6-8-13)16(21)14(12-19)17(20)22/h4-8,15,21H,9-11H2,1-3H3. The first-order valence-electron chi connectivity index (χ1n) is 7.51. The first-order valence-corrected chi connectivity index (χ1v) is 7.51. The molecule has 1 atom stereocenters. The van der Waals surface area contributed by atoms with E-state index in [1.807, 2.05) is 36.4 Å². The minimum absolute atomic E-state index is 0.0859. The van der Waals surface area contributed by atoms with Gasteiger partial charge in [-0.05, 0) is 17.4 Å². The third-order valence-corrected chi connectivity index (χ3v) is 3.91. The van der Waals surface area contributed by atoms with Crippen LogP contribution < -0.4 is 0 Å². The molecule has 22 heavy (non-hydrogen) atoms. The average molecular weight is 298 g/mol. The number of carbonyl (C=O) groups is 1. The second kappa shape index (κ2) is 6.23. The van der Waals surface area contributed by atoms with Crippen molar-refractivity contribution >= 4 is 5.91 Å². The molecular weight excluding hydrogens is 276 g/mol. The van der Waals surface area contributed by atoms with Gasteiger partial charge in [0.1, 0.15) is 11.8 Å². The summed E-state index contributed by atoms with van der Waals surface area (Å²) in [5.74, 6) is -0.449. The Morgan fingerprint density at radius 1 is 1.27 bits per heavy atom. The molecule has 0 aliphatic carbocycles. The Kier molecular flexibility index (Phi) is 4.56. The number of amides is 1. The second-order valence-electron chi connectivity index (χ2n) is 6.89. The Morgan fingerprint density at radius 3 is 2.45 bits per heavy atom. The molecule has 0 spiro atoms. The first kappa shape index (κ1) is 16.1. The Labute approximate surface area is 131 Å². The van der Waals surface area contributed by atoms with Gasteiger partial charge in [-0.15, -0.1) is 0 Å². The molecule has 1 aromatic rings. The molecule has 0 fully saturated rings. The van der Waals surface area contributed by atoms with Crippen LogP contribution >= 0.6 is 0 Å². The van der Waals surface area contributed by atoms with Crippen LogP contribution in [0.4, 0.5) is 0 Å². The van der Waals surface area contributed by atoms with E-state index in [1.165, 1.54) is 0 Å². The lowest BCUT2D eigenvalue weighted by molar-refractivity contribution is -0.127. The molecule has 1 heterocycles. The topological polar surface area (TPSA) is 64.3 Å². The van der Waals surface area contributed by atoms with E-state index in [0.29, 0.717) is 13.0 Å². The van der Waals surface area contributed by atoms with Crippen molar-refractivity contribution in [3.63, 3.8) is 0 Å². The Morgan fingerprint density at radius 2 is 1.91 bits per heavy atom.